The van der Waals surface area contributed by atoms with Gasteiger partial charge < -0.3 is 9.47 Å². The number of ether oxygens (including phenoxy) is 2. The fourth-order valence-electron chi connectivity index (χ4n) is 4.24. The zero-order valence-electron chi connectivity index (χ0n) is 17.0. The van der Waals surface area contributed by atoms with Gasteiger partial charge in [0.25, 0.3) is 0 Å². The predicted molar refractivity (Wildman–Crippen MR) is 102 cm³/mol. The third-order valence-electron chi connectivity index (χ3n) is 5.33. The molecule has 1 atom stereocenters. The Morgan fingerprint density at radius 3 is 2.41 bits per heavy atom. The molecule has 6 nitrogen and oxygen atoms in total. The van der Waals surface area contributed by atoms with E-state index >= 15 is 0 Å². The van der Waals surface area contributed by atoms with Gasteiger partial charge in [-0.2, -0.15) is 0 Å². The Bertz CT molecular complexity index is 810. The van der Waals surface area contributed by atoms with E-state index in [1.165, 1.54) is 0 Å². The average Bonchev–Trinajstić information content (AvgIpc) is 2.58. The van der Waals surface area contributed by atoms with E-state index < -0.39 is 0 Å². The van der Waals surface area contributed by atoms with Crippen LogP contribution in [0.2, 0.25) is 0 Å². The Kier molecular flexibility index (Phi) is 5.04. The first-order valence-corrected chi connectivity index (χ1v) is 9.17. The molecular formula is C21H28N2O4. The summed E-state index contributed by atoms with van der Waals surface area (Å²) in [6.07, 6.45) is 1.41. The normalized spacial score (nSPS) is 22.2. The van der Waals surface area contributed by atoms with Gasteiger partial charge >= 0.3 is 0 Å². The third kappa shape index (κ3) is 3.46. The lowest BCUT2D eigenvalue weighted by Crippen LogP contribution is -2.49. The quantitative estimate of drug-likeness (QED) is 0.813. The van der Waals surface area contributed by atoms with E-state index in [-0.39, 0.29) is 29.4 Å². The van der Waals surface area contributed by atoms with Crippen LogP contribution in [0.5, 0.6) is 11.5 Å². The highest BCUT2D eigenvalue weighted by Gasteiger charge is 2.45. The number of hydrazine groups is 1. The Hall–Kier alpha value is -2.34. The van der Waals surface area contributed by atoms with Gasteiger partial charge in [-0.1, -0.05) is 19.9 Å². The number of ketones is 1. The largest absolute Gasteiger partial charge is 0.497 e. The summed E-state index contributed by atoms with van der Waals surface area (Å²) in [6, 6.07) is 5.55. The molecule has 1 aromatic rings. The molecular weight excluding hydrogens is 344 g/mol. The van der Waals surface area contributed by atoms with Crippen LogP contribution >= 0.6 is 0 Å². The second kappa shape index (κ2) is 7.00. The number of benzene rings is 1. The summed E-state index contributed by atoms with van der Waals surface area (Å²) in [7, 11) is 6.86. The number of carbonyl (C=O) groups excluding carboxylic acids is 2. The first kappa shape index (κ1) is 19.4. The first-order valence-electron chi connectivity index (χ1n) is 9.17. The SMILES string of the molecule is COc1ccc([C@@H]2CC(=O)N(N(C)C)C3=C2C(=O)CC(C)(C)C3)c(OC)c1. The van der Waals surface area contributed by atoms with Crippen LogP contribution in [0, 0.1) is 5.41 Å². The number of hydrogen-bond donors (Lipinski definition) is 0. The molecule has 0 unspecified atom stereocenters. The summed E-state index contributed by atoms with van der Waals surface area (Å²) in [5.74, 6) is 1.12. The maximum atomic E-state index is 13.1. The van der Waals surface area contributed by atoms with E-state index in [1.54, 1.807) is 30.3 Å². The van der Waals surface area contributed by atoms with E-state index in [0.29, 0.717) is 24.3 Å². The van der Waals surface area contributed by atoms with Crippen LogP contribution in [0.4, 0.5) is 0 Å². The van der Waals surface area contributed by atoms with Crippen molar-refractivity contribution in [2.24, 2.45) is 5.41 Å². The Morgan fingerprint density at radius 2 is 1.81 bits per heavy atom. The molecule has 0 aromatic heterocycles. The van der Waals surface area contributed by atoms with Gasteiger partial charge in [0.1, 0.15) is 11.5 Å². The molecule has 0 saturated carbocycles. The molecule has 146 valence electrons. The lowest BCUT2D eigenvalue weighted by atomic mass is 9.69. The van der Waals surface area contributed by atoms with Crippen LogP contribution in [0.15, 0.2) is 29.5 Å². The van der Waals surface area contributed by atoms with Gasteiger partial charge in [-0.25, -0.2) is 10.0 Å². The van der Waals surface area contributed by atoms with E-state index in [4.69, 9.17) is 9.47 Å². The van der Waals surface area contributed by atoms with Crippen molar-refractivity contribution in [3.63, 3.8) is 0 Å². The molecule has 27 heavy (non-hydrogen) atoms. The molecule has 0 bridgehead atoms. The fourth-order valence-corrected chi connectivity index (χ4v) is 4.24. The Balaban J connectivity index is 2.18. The minimum absolute atomic E-state index is 0.00730. The van der Waals surface area contributed by atoms with Crippen LogP contribution < -0.4 is 9.47 Å². The van der Waals surface area contributed by atoms with Crippen LogP contribution in [0.1, 0.15) is 44.6 Å². The van der Waals surface area contributed by atoms with E-state index in [0.717, 1.165) is 16.8 Å². The molecule has 0 fully saturated rings. The number of rotatable bonds is 4. The molecule has 3 rings (SSSR count). The molecule has 0 radical (unpaired) electrons. The van der Waals surface area contributed by atoms with Crippen LogP contribution in [0.3, 0.4) is 0 Å². The minimum atomic E-state index is -0.298. The predicted octanol–water partition coefficient (Wildman–Crippen LogP) is 3.14. The maximum Gasteiger partial charge on any atom is 0.242 e. The zero-order chi connectivity index (χ0) is 19.9. The number of amides is 1. The van der Waals surface area contributed by atoms with Crippen molar-refractivity contribution in [3.05, 3.63) is 35.0 Å². The molecule has 0 saturated heterocycles. The van der Waals surface area contributed by atoms with Crippen LogP contribution in [-0.2, 0) is 9.59 Å². The number of methoxy groups -OCH3 is 2. The van der Waals surface area contributed by atoms with Crippen LogP contribution in [0.25, 0.3) is 0 Å². The van der Waals surface area contributed by atoms with E-state index in [9.17, 15) is 9.59 Å². The summed E-state index contributed by atoms with van der Waals surface area (Å²) < 4.78 is 10.8. The number of carbonyl (C=O) groups is 2. The van der Waals surface area contributed by atoms with Crippen molar-refractivity contribution in [2.75, 3.05) is 28.3 Å². The number of allylic oxidation sites excluding steroid dienone is 2. The fraction of sp³-hybridized carbons (Fsp3) is 0.524. The molecule has 0 N–H and O–H groups in total. The summed E-state index contributed by atoms with van der Waals surface area (Å²) in [5.41, 5.74) is 2.24. The Morgan fingerprint density at radius 1 is 1.11 bits per heavy atom. The highest BCUT2D eigenvalue weighted by Crippen LogP contribution is 2.48. The van der Waals surface area contributed by atoms with Gasteiger partial charge in [-0.15, -0.1) is 0 Å². The van der Waals surface area contributed by atoms with Crippen molar-refractivity contribution in [1.29, 1.82) is 0 Å². The van der Waals surface area contributed by atoms with Crippen molar-refractivity contribution in [3.8, 4) is 11.5 Å². The van der Waals surface area contributed by atoms with Crippen molar-refractivity contribution in [1.82, 2.24) is 10.0 Å². The number of nitrogens with zero attached hydrogens (tertiary/aromatic N) is 2. The van der Waals surface area contributed by atoms with Gasteiger partial charge in [-0.05, 0) is 17.9 Å². The number of hydrogen-bond acceptors (Lipinski definition) is 5. The van der Waals surface area contributed by atoms with Crippen molar-refractivity contribution in [2.45, 2.75) is 39.0 Å². The highest BCUT2D eigenvalue weighted by atomic mass is 16.5. The zero-order valence-corrected chi connectivity index (χ0v) is 17.0. The second-order valence-corrected chi connectivity index (χ2v) is 8.22. The molecule has 1 aromatic carbocycles. The molecule has 6 heteroatoms. The second-order valence-electron chi connectivity index (χ2n) is 8.22. The lowest BCUT2D eigenvalue weighted by molar-refractivity contribution is -0.143. The first-order chi connectivity index (χ1) is 12.7. The van der Waals surface area contributed by atoms with Crippen molar-refractivity contribution >= 4 is 11.7 Å². The maximum absolute atomic E-state index is 13.1. The summed E-state index contributed by atoms with van der Waals surface area (Å²) in [5, 5.41) is 3.44. The lowest BCUT2D eigenvalue weighted by Gasteiger charge is -2.44. The van der Waals surface area contributed by atoms with Gasteiger partial charge in [0.15, 0.2) is 5.78 Å². The smallest absolute Gasteiger partial charge is 0.242 e. The topological polar surface area (TPSA) is 59.1 Å². The van der Waals surface area contributed by atoms with Gasteiger partial charge in [0.05, 0.1) is 14.2 Å². The monoisotopic (exact) mass is 372 g/mol. The third-order valence-corrected chi connectivity index (χ3v) is 5.33. The molecule has 0 spiro atoms. The van der Waals surface area contributed by atoms with Gasteiger partial charge in [0, 0.05) is 55.8 Å². The molecule has 1 aliphatic carbocycles. The molecule has 2 aliphatic rings. The molecule has 1 amide bonds. The van der Waals surface area contributed by atoms with Crippen molar-refractivity contribution < 1.29 is 19.1 Å². The Labute approximate surface area is 160 Å². The molecule has 1 heterocycles. The van der Waals surface area contributed by atoms with Crippen LogP contribution in [-0.4, -0.2) is 50.0 Å². The van der Waals surface area contributed by atoms with E-state index in [1.807, 2.05) is 26.2 Å². The molecule has 1 aliphatic heterocycles. The summed E-state index contributed by atoms with van der Waals surface area (Å²) >= 11 is 0. The van der Waals surface area contributed by atoms with E-state index in [2.05, 4.69) is 13.8 Å². The minimum Gasteiger partial charge on any atom is -0.497 e. The number of Topliss-reactive ketones (excluding diaryl/α,β-unsaturated/α-hetero) is 1. The van der Waals surface area contributed by atoms with Gasteiger partial charge in [0.2, 0.25) is 5.91 Å². The summed E-state index contributed by atoms with van der Waals surface area (Å²) in [6.45, 7) is 4.15. The standard InChI is InChI=1S/C21H28N2O4/c1-21(2)11-16-20(17(24)12-21)15(10-19(25)23(16)22(3)4)14-8-7-13(26-5)9-18(14)27-6/h7-9,15H,10-12H2,1-6H3/t15-/m0/s1. The van der Waals surface area contributed by atoms with Gasteiger partial charge in [-0.3, -0.25) is 9.59 Å². The average molecular weight is 372 g/mol. The highest BCUT2D eigenvalue weighted by molar-refractivity contribution is 6.02. The summed E-state index contributed by atoms with van der Waals surface area (Å²) in [4.78, 5) is 26.1.